The first-order chi connectivity index (χ1) is 5.27. The van der Waals surface area contributed by atoms with Crippen molar-refractivity contribution in [2.24, 2.45) is 0 Å². The Morgan fingerprint density at radius 2 is 2.18 bits per heavy atom. The Morgan fingerprint density at radius 1 is 1.45 bits per heavy atom. The summed E-state index contributed by atoms with van der Waals surface area (Å²) >= 11 is 1.72. The van der Waals surface area contributed by atoms with E-state index in [4.69, 9.17) is 0 Å². The molecule has 0 aliphatic rings. The highest BCUT2D eigenvalue weighted by Gasteiger charge is 1.85. The lowest BCUT2D eigenvalue weighted by Gasteiger charge is -1.92. The number of unbranched alkanes of at least 4 members (excludes halogenated alkanes) is 2. The number of rotatable bonds is 6. The Kier molecular flexibility index (Phi) is 7.69. The molecule has 11 heavy (non-hydrogen) atoms. The van der Waals surface area contributed by atoms with Crippen molar-refractivity contribution >= 4 is 17.5 Å². The molecule has 0 aliphatic heterocycles. The number of hydrogen-bond donors (Lipinski definition) is 0. The molecule has 0 aliphatic carbocycles. The zero-order valence-electron chi connectivity index (χ0n) is 7.30. The molecule has 0 amide bonds. The van der Waals surface area contributed by atoms with Gasteiger partial charge in [-0.2, -0.15) is 0 Å². The molecule has 1 nitrogen and oxygen atoms in total. The number of hydrogen-bond acceptors (Lipinski definition) is 2. The van der Waals surface area contributed by atoms with Gasteiger partial charge in [-0.25, -0.2) is 0 Å². The monoisotopic (exact) mass is 172 g/mol. The Balaban J connectivity index is 3.07. The topological polar surface area (TPSA) is 17.1 Å². The molecule has 2 heteroatoms. The van der Waals surface area contributed by atoms with Crippen LogP contribution < -0.4 is 0 Å². The summed E-state index contributed by atoms with van der Waals surface area (Å²) in [5, 5.41) is 1.89. The van der Waals surface area contributed by atoms with Crippen molar-refractivity contribution in [3.05, 3.63) is 11.5 Å². The number of thioether (sulfide) groups is 1. The standard InChI is InChI=1S/C9H16OS/c1-3-4-5-7-11-8-6-9(2)10/h6,8H,3-5,7H2,1-2H3. The van der Waals surface area contributed by atoms with Crippen LogP contribution in [0.25, 0.3) is 0 Å². The zero-order chi connectivity index (χ0) is 8.53. The van der Waals surface area contributed by atoms with Crippen LogP contribution in [0.5, 0.6) is 0 Å². The van der Waals surface area contributed by atoms with Crippen molar-refractivity contribution in [2.75, 3.05) is 5.75 Å². The van der Waals surface area contributed by atoms with Gasteiger partial charge in [-0.05, 0) is 30.6 Å². The fraction of sp³-hybridized carbons (Fsp3) is 0.667. The highest BCUT2D eigenvalue weighted by Crippen LogP contribution is 2.06. The van der Waals surface area contributed by atoms with Gasteiger partial charge in [-0.1, -0.05) is 19.8 Å². The molecule has 0 fully saturated rings. The number of carbonyl (C=O) groups is 1. The maximum absolute atomic E-state index is 10.4. The van der Waals surface area contributed by atoms with Crippen LogP contribution in [0.15, 0.2) is 11.5 Å². The van der Waals surface area contributed by atoms with Crippen molar-refractivity contribution in [3.8, 4) is 0 Å². The average molecular weight is 172 g/mol. The first kappa shape index (κ1) is 10.8. The zero-order valence-corrected chi connectivity index (χ0v) is 8.12. The Bertz CT molecular complexity index is 130. The molecule has 64 valence electrons. The molecule has 0 saturated heterocycles. The van der Waals surface area contributed by atoms with Crippen LogP contribution >= 0.6 is 11.8 Å². The SMILES string of the molecule is CCCCCSC=CC(C)=O. The molecule has 0 rings (SSSR count). The van der Waals surface area contributed by atoms with E-state index in [1.807, 2.05) is 5.41 Å². The van der Waals surface area contributed by atoms with Crippen LogP contribution in [0.3, 0.4) is 0 Å². The van der Waals surface area contributed by atoms with E-state index >= 15 is 0 Å². The smallest absolute Gasteiger partial charge is 0.153 e. The summed E-state index contributed by atoms with van der Waals surface area (Å²) in [7, 11) is 0. The van der Waals surface area contributed by atoms with Crippen LogP contribution in [0, 0.1) is 0 Å². The fourth-order valence-electron chi connectivity index (χ4n) is 0.647. The minimum atomic E-state index is 0.132. The van der Waals surface area contributed by atoms with Gasteiger partial charge in [-0.15, -0.1) is 11.8 Å². The van der Waals surface area contributed by atoms with Gasteiger partial charge in [0.15, 0.2) is 5.78 Å². The second-order valence-electron chi connectivity index (χ2n) is 2.49. The largest absolute Gasteiger partial charge is 0.295 e. The van der Waals surface area contributed by atoms with Crippen LogP contribution in [0.4, 0.5) is 0 Å². The van der Waals surface area contributed by atoms with Crippen molar-refractivity contribution in [1.82, 2.24) is 0 Å². The minimum absolute atomic E-state index is 0.132. The van der Waals surface area contributed by atoms with Gasteiger partial charge in [0.05, 0.1) is 0 Å². The predicted molar refractivity (Wildman–Crippen MR) is 51.8 cm³/mol. The second-order valence-corrected chi connectivity index (χ2v) is 3.51. The maximum atomic E-state index is 10.4. The van der Waals surface area contributed by atoms with E-state index in [1.54, 1.807) is 24.8 Å². The summed E-state index contributed by atoms with van der Waals surface area (Å²) in [4.78, 5) is 10.4. The van der Waals surface area contributed by atoms with Crippen molar-refractivity contribution < 1.29 is 4.79 Å². The third-order valence-electron chi connectivity index (χ3n) is 1.26. The summed E-state index contributed by atoms with van der Waals surface area (Å²) in [6.07, 6.45) is 5.43. The summed E-state index contributed by atoms with van der Waals surface area (Å²) in [6.45, 7) is 3.76. The second kappa shape index (κ2) is 7.86. The lowest BCUT2D eigenvalue weighted by molar-refractivity contribution is -0.112. The fourth-order valence-corrected chi connectivity index (χ4v) is 1.44. The van der Waals surface area contributed by atoms with E-state index in [1.165, 1.54) is 19.3 Å². The van der Waals surface area contributed by atoms with E-state index in [0.717, 1.165) is 5.75 Å². The molecule has 0 radical (unpaired) electrons. The van der Waals surface area contributed by atoms with Crippen LogP contribution in [-0.2, 0) is 4.79 Å². The van der Waals surface area contributed by atoms with Gasteiger partial charge >= 0.3 is 0 Å². The summed E-state index contributed by atoms with van der Waals surface area (Å²) < 4.78 is 0. The maximum Gasteiger partial charge on any atom is 0.153 e. The van der Waals surface area contributed by atoms with Crippen LogP contribution in [0.2, 0.25) is 0 Å². The first-order valence-electron chi connectivity index (χ1n) is 4.06. The number of allylic oxidation sites excluding steroid dienone is 1. The normalized spacial score (nSPS) is 10.7. The third kappa shape index (κ3) is 9.76. The Hall–Kier alpha value is -0.240. The van der Waals surface area contributed by atoms with E-state index < -0.39 is 0 Å². The predicted octanol–water partition coefficient (Wildman–Crippen LogP) is 3.01. The summed E-state index contributed by atoms with van der Waals surface area (Å²) in [5.41, 5.74) is 0. The molecule has 0 heterocycles. The molecule has 0 aromatic rings. The molecule has 0 saturated carbocycles. The highest BCUT2D eigenvalue weighted by molar-refractivity contribution is 8.02. The van der Waals surface area contributed by atoms with Gasteiger partial charge < -0.3 is 0 Å². The lowest BCUT2D eigenvalue weighted by Crippen LogP contribution is -1.79. The first-order valence-corrected chi connectivity index (χ1v) is 5.11. The number of ketones is 1. The van der Waals surface area contributed by atoms with E-state index in [9.17, 15) is 4.79 Å². The van der Waals surface area contributed by atoms with Gasteiger partial charge in [0.2, 0.25) is 0 Å². The number of carbonyl (C=O) groups excluding carboxylic acids is 1. The minimum Gasteiger partial charge on any atom is -0.295 e. The lowest BCUT2D eigenvalue weighted by atomic mass is 10.3. The van der Waals surface area contributed by atoms with Crippen LogP contribution in [-0.4, -0.2) is 11.5 Å². The molecule has 0 N–H and O–H groups in total. The van der Waals surface area contributed by atoms with E-state index in [2.05, 4.69) is 6.92 Å². The average Bonchev–Trinajstić information content (AvgIpc) is 1.96. The molecule has 0 spiro atoms. The molecular formula is C9H16OS. The van der Waals surface area contributed by atoms with Crippen molar-refractivity contribution in [2.45, 2.75) is 33.1 Å². The highest BCUT2D eigenvalue weighted by atomic mass is 32.2. The molecule has 0 bridgehead atoms. The Morgan fingerprint density at radius 3 is 2.73 bits per heavy atom. The van der Waals surface area contributed by atoms with Gasteiger partial charge in [-0.3, -0.25) is 4.79 Å². The third-order valence-corrected chi connectivity index (χ3v) is 2.12. The molecule has 0 aromatic carbocycles. The molecule has 0 aromatic heterocycles. The van der Waals surface area contributed by atoms with Crippen molar-refractivity contribution in [1.29, 1.82) is 0 Å². The van der Waals surface area contributed by atoms with Gasteiger partial charge in [0.25, 0.3) is 0 Å². The quantitative estimate of drug-likeness (QED) is 0.452. The van der Waals surface area contributed by atoms with E-state index in [-0.39, 0.29) is 5.78 Å². The molecule has 0 unspecified atom stereocenters. The van der Waals surface area contributed by atoms with Crippen molar-refractivity contribution in [3.63, 3.8) is 0 Å². The van der Waals surface area contributed by atoms with Gasteiger partial charge in [0.1, 0.15) is 0 Å². The molecular weight excluding hydrogens is 156 g/mol. The Labute approximate surface area is 73.3 Å². The summed E-state index contributed by atoms with van der Waals surface area (Å²) in [5.74, 6) is 1.27. The van der Waals surface area contributed by atoms with Gasteiger partial charge in [0, 0.05) is 0 Å². The van der Waals surface area contributed by atoms with Crippen LogP contribution in [0.1, 0.15) is 33.1 Å². The van der Waals surface area contributed by atoms with E-state index in [0.29, 0.717) is 0 Å². The summed E-state index contributed by atoms with van der Waals surface area (Å²) in [6, 6.07) is 0. The molecule has 0 atom stereocenters.